The van der Waals surface area contributed by atoms with Crippen molar-refractivity contribution in [3.05, 3.63) is 59.8 Å². The molecule has 0 amide bonds. The molecule has 2 atom stereocenters. The molecule has 4 heteroatoms. The van der Waals surface area contributed by atoms with Crippen LogP contribution in [0.2, 0.25) is 0 Å². The second-order valence-corrected chi connectivity index (χ2v) is 5.19. The number of benzene rings is 1. The van der Waals surface area contributed by atoms with E-state index in [1.54, 1.807) is 0 Å². The van der Waals surface area contributed by atoms with Crippen molar-refractivity contribution in [1.29, 1.82) is 0 Å². The van der Waals surface area contributed by atoms with Gasteiger partial charge in [0, 0.05) is 25.2 Å². The standard InChI is InChI=1S/C16H18N2O2/c19-14-10-18(11-15(14)20)16-8-4-7-13(17-16)9-12-5-2-1-3-6-12/h1-8,14-15,19-20H,9-11H2. The Bertz CT molecular complexity index is 564. The zero-order valence-corrected chi connectivity index (χ0v) is 11.2. The number of anilines is 1. The minimum absolute atomic E-state index is 0.433. The third kappa shape index (κ3) is 2.81. The number of aliphatic hydroxyl groups excluding tert-OH is 2. The van der Waals surface area contributed by atoms with Crippen LogP contribution < -0.4 is 4.90 Å². The van der Waals surface area contributed by atoms with E-state index < -0.39 is 12.2 Å². The highest BCUT2D eigenvalue weighted by Crippen LogP contribution is 2.19. The molecule has 4 nitrogen and oxygen atoms in total. The highest BCUT2D eigenvalue weighted by atomic mass is 16.3. The first-order chi connectivity index (χ1) is 9.72. The van der Waals surface area contributed by atoms with E-state index in [2.05, 4.69) is 17.1 Å². The zero-order chi connectivity index (χ0) is 13.9. The Balaban J connectivity index is 1.77. The van der Waals surface area contributed by atoms with E-state index in [-0.39, 0.29) is 0 Å². The van der Waals surface area contributed by atoms with Gasteiger partial charge in [0.05, 0.1) is 12.2 Å². The molecule has 0 aliphatic carbocycles. The van der Waals surface area contributed by atoms with Crippen LogP contribution in [-0.4, -0.2) is 40.5 Å². The Morgan fingerprint density at radius 3 is 2.35 bits per heavy atom. The molecule has 2 heterocycles. The predicted octanol–water partition coefficient (Wildman–Crippen LogP) is 1.21. The van der Waals surface area contributed by atoms with Gasteiger partial charge in [-0.2, -0.15) is 0 Å². The van der Waals surface area contributed by atoms with E-state index >= 15 is 0 Å². The van der Waals surface area contributed by atoms with Gasteiger partial charge in [0.25, 0.3) is 0 Å². The van der Waals surface area contributed by atoms with E-state index in [1.807, 2.05) is 41.3 Å². The maximum Gasteiger partial charge on any atom is 0.128 e. The van der Waals surface area contributed by atoms with Crippen LogP contribution in [0.25, 0.3) is 0 Å². The molecule has 2 unspecified atom stereocenters. The molecule has 0 radical (unpaired) electrons. The maximum atomic E-state index is 9.61. The number of rotatable bonds is 3. The van der Waals surface area contributed by atoms with Crippen LogP contribution in [0.5, 0.6) is 0 Å². The Kier molecular flexibility index (Phi) is 3.67. The first-order valence-electron chi connectivity index (χ1n) is 6.83. The van der Waals surface area contributed by atoms with Crippen LogP contribution in [0.1, 0.15) is 11.3 Å². The molecular formula is C16H18N2O2. The van der Waals surface area contributed by atoms with E-state index in [4.69, 9.17) is 0 Å². The van der Waals surface area contributed by atoms with Crippen molar-refractivity contribution in [2.24, 2.45) is 0 Å². The summed E-state index contributed by atoms with van der Waals surface area (Å²) >= 11 is 0. The number of nitrogens with zero attached hydrogens (tertiary/aromatic N) is 2. The lowest BCUT2D eigenvalue weighted by Crippen LogP contribution is -2.22. The molecule has 20 heavy (non-hydrogen) atoms. The van der Waals surface area contributed by atoms with Gasteiger partial charge in [-0.1, -0.05) is 36.4 Å². The van der Waals surface area contributed by atoms with Gasteiger partial charge in [-0.05, 0) is 17.7 Å². The molecule has 1 aromatic carbocycles. The molecule has 3 rings (SSSR count). The third-order valence-electron chi connectivity index (χ3n) is 3.60. The summed E-state index contributed by atoms with van der Waals surface area (Å²) in [7, 11) is 0. The second kappa shape index (κ2) is 5.61. The van der Waals surface area contributed by atoms with Crippen LogP contribution in [0.4, 0.5) is 5.82 Å². The van der Waals surface area contributed by atoms with Gasteiger partial charge in [0.15, 0.2) is 0 Å². The molecule has 0 spiro atoms. The lowest BCUT2D eigenvalue weighted by Gasteiger charge is -2.17. The summed E-state index contributed by atoms with van der Waals surface area (Å²) in [5.74, 6) is 0.814. The predicted molar refractivity (Wildman–Crippen MR) is 77.7 cm³/mol. The molecule has 1 aromatic heterocycles. The highest BCUT2D eigenvalue weighted by Gasteiger charge is 2.30. The Morgan fingerprint density at radius 2 is 1.65 bits per heavy atom. The normalized spacial score (nSPS) is 22.2. The third-order valence-corrected chi connectivity index (χ3v) is 3.60. The van der Waals surface area contributed by atoms with E-state index in [0.29, 0.717) is 13.1 Å². The van der Waals surface area contributed by atoms with Gasteiger partial charge < -0.3 is 15.1 Å². The van der Waals surface area contributed by atoms with Crippen molar-refractivity contribution in [3.63, 3.8) is 0 Å². The monoisotopic (exact) mass is 270 g/mol. The average molecular weight is 270 g/mol. The molecule has 1 fully saturated rings. The Morgan fingerprint density at radius 1 is 0.950 bits per heavy atom. The smallest absolute Gasteiger partial charge is 0.128 e. The quantitative estimate of drug-likeness (QED) is 0.880. The lowest BCUT2D eigenvalue weighted by atomic mass is 10.1. The number of pyridine rings is 1. The van der Waals surface area contributed by atoms with Gasteiger partial charge in [-0.15, -0.1) is 0 Å². The van der Waals surface area contributed by atoms with Gasteiger partial charge in [-0.3, -0.25) is 0 Å². The van der Waals surface area contributed by atoms with Crippen LogP contribution in [-0.2, 0) is 6.42 Å². The molecule has 0 bridgehead atoms. The Labute approximate surface area is 118 Å². The molecular weight excluding hydrogens is 252 g/mol. The second-order valence-electron chi connectivity index (χ2n) is 5.19. The largest absolute Gasteiger partial charge is 0.389 e. The van der Waals surface area contributed by atoms with Crippen LogP contribution in [0.15, 0.2) is 48.5 Å². The molecule has 1 saturated heterocycles. The van der Waals surface area contributed by atoms with E-state index in [1.165, 1.54) is 5.56 Å². The summed E-state index contributed by atoms with van der Waals surface area (Å²) < 4.78 is 0. The van der Waals surface area contributed by atoms with Gasteiger partial charge in [-0.25, -0.2) is 4.98 Å². The van der Waals surface area contributed by atoms with Gasteiger partial charge in [0.2, 0.25) is 0 Å². The molecule has 1 aliphatic heterocycles. The number of β-amino-alcohol motifs (C(OH)–C–C–N with tert-alkyl or cyclic N) is 2. The van der Waals surface area contributed by atoms with Crippen LogP contribution >= 0.6 is 0 Å². The summed E-state index contributed by atoms with van der Waals surface area (Å²) in [5, 5.41) is 19.2. The maximum absolute atomic E-state index is 9.61. The van der Waals surface area contributed by atoms with Crippen molar-refractivity contribution in [1.82, 2.24) is 4.98 Å². The minimum Gasteiger partial charge on any atom is -0.389 e. The van der Waals surface area contributed by atoms with Crippen molar-refractivity contribution in [2.75, 3.05) is 18.0 Å². The number of aromatic nitrogens is 1. The van der Waals surface area contributed by atoms with Crippen molar-refractivity contribution < 1.29 is 10.2 Å². The molecule has 0 saturated carbocycles. The van der Waals surface area contributed by atoms with Crippen LogP contribution in [0.3, 0.4) is 0 Å². The molecule has 1 aliphatic rings. The number of hydrogen-bond donors (Lipinski definition) is 2. The fourth-order valence-corrected chi connectivity index (χ4v) is 2.50. The SMILES string of the molecule is OC1CN(c2cccc(Cc3ccccc3)n2)CC1O. The summed E-state index contributed by atoms with van der Waals surface area (Å²) in [6.07, 6.45) is -0.586. The topological polar surface area (TPSA) is 56.6 Å². The number of aliphatic hydroxyl groups is 2. The molecule has 104 valence electrons. The summed E-state index contributed by atoms with van der Waals surface area (Å²) in [6.45, 7) is 0.867. The van der Waals surface area contributed by atoms with Crippen molar-refractivity contribution in [2.45, 2.75) is 18.6 Å². The van der Waals surface area contributed by atoms with E-state index in [9.17, 15) is 10.2 Å². The zero-order valence-electron chi connectivity index (χ0n) is 11.2. The van der Waals surface area contributed by atoms with Gasteiger partial charge in [0.1, 0.15) is 5.82 Å². The minimum atomic E-state index is -0.686. The van der Waals surface area contributed by atoms with Gasteiger partial charge >= 0.3 is 0 Å². The summed E-state index contributed by atoms with van der Waals surface area (Å²) in [4.78, 5) is 6.54. The fourth-order valence-electron chi connectivity index (χ4n) is 2.50. The fraction of sp³-hybridized carbons (Fsp3) is 0.312. The first kappa shape index (κ1) is 13.1. The van der Waals surface area contributed by atoms with Crippen molar-refractivity contribution in [3.8, 4) is 0 Å². The highest BCUT2D eigenvalue weighted by molar-refractivity contribution is 5.42. The molecule has 2 N–H and O–H groups in total. The van der Waals surface area contributed by atoms with Crippen molar-refractivity contribution >= 4 is 5.82 Å². The first-order valence-corrected chi connectivity index (χ1v) is 6.83. The summed E-state index contributed by atoms with van der Waals surface area (Å²) in [6, 6.07) is 16.1. The number of hydrogen-bond acceptors (Lipinski definition) is 4. The summed E-state index contributed by atoms with van der Waals surface area (Å²) in [5.41, 5.74) is 2.21. The molecule has 2 aromatic rings. The van der Waals surface area contributed by atoms with Crippen LogP contribution in [0, 0.1) is 0 Å². The Hall–Kier alpha value is -1.91. The average Bonchev–Trinajstić information content (AvgIpc) is 2.80. The van der Waals surface area contributed by atoms with E-state index in [0.717, 1.165) is 17.9 Å². The lowest BCUT2D eigenvalue weighted by molar-refractivity contribution is 0.0572.